The maximum Gasteiger partial charge on any atom is 0.416 e. The normalized spacial score (nSPS) is 16.6. The molecular weight excluding hydrogens is 463 g/mol. The lowest BCUT2D eigenvalue weighted by Gasteiger charge is -2.37. The first-order valence-electron chi connectivity index (χ1n) is 10.9. The zero-order chi connectivity index (χ0) is 25.3. The Morgan fingerprint density at radius 2 is 1.91 bits per heavy atom. The van der Waals surface area contributed by atoms with Crippen molar-refractivity contribution in [2.45, 2.75) is 45.3 Å². The summed E-state index contributed by atoms with van der Waals surface area (Å²) in [5.41, 5.74) is 2.06. The second-order valence-electron chi connectivity index (χ2n) is 8.41. The molecule has 0 bridgehead atoms. The van der Waals surface area contributed by atoms with Gasteiger partial charge in [0.1, 0.15) is 11.7 Å². The zero-order valence-corrected chi connectivity index (χ0v) is 19.7. The number of ether oxygens (including phenoxy) is 1. The summed E-state index contributed by atoms with van der Waals surface area (Å²) in [5.74, 6) is 0.803. The Morgan fingerprint density at radius 3 is 2.57 bits per heavy atom. The lowest BCUT2D eigenvalue weighted by atomic mass is 10.1. The standard InChI is InChI=1S/C23H26F3N7O2/c1-13-18-20(32(3)19(14(2)35-4)21(34)30-18)31-22(29-13)27-9-16-10-28-33(12-16)11-15-5-7-17(8-6-15)23(24,25)26/h5-8,10,12,14,19H,9,11H2,1-4H3,(H,30,34)(H,27,29,31)/t14-,19+/m1/s1. The van der Waals surface area contributed by atoms with Crippen molar-refractivity contribution >= 4 is 23.4 Å². The van der Waals surface area contributed by atoms with Gasteiger partial charge in [0.2, 0.25) is 11.9 Å². The zero-order valence-electron chi connectivity index (χ0n) is 19.7. The van der Waals surface area contributed by atoms with Crippen LogP contribution >= 0.6 is 0 Å². The lowest BCUT2D eigenvalue weighted by Crippen LogP contribution is -2.53. The minimum Gasteiger partial charge on any atom is -0.379 e. The number of benzene rings is 1. The molecule has 2 atom stereocenters. The second kappa shape index (κ2) is 9.53. The van der Waals surface area contributed by atoms with Gasteiger partial charge in [-0.25, -0.2) is 4.98 Å². The van der Waals surface area contributed by atoms with E-state index in [9.17, 15) is 18.0 Å². The number of fused-ring (bicyclic) bond motifs is 1. The quantitative estimate of drug-likeness (QED) is 0.525. The van der Waals surface area contributed by atoms with E-state index in [2.05, 4.69) is 25.7 Å². The maximum absolute atomic E-state index is 12.7. The Balaban J connectivity index is 1.43. The molecule has 186 valence electrons. The van der Waals surface area contributed by atoms with E-state index in [1.54, 1.807) is 43.1 Å². The molecule has 1 aliphatic heterocycles. The van der Waals surface area contributed by atoms with Gasteiger partial charge in [-0.1, -0.05) is 12.1 Å². The van der Waals surface area contributed by atoms with Crippen molar-refractivity contribution in [3.05, 3.63) is 59.0 Å². The van der Waals surface area contributed by atoms with E-state index in [1.807, 2.05) is 6.92 Å². The number of carbonyl (C=O) groups excluding carboxylic acids is 1. The molecule has 3 aromatic rings. The van der Waals surface area contributed by atoms with Gasteiger partial charge in [-0.3, -0.25) is 9.48 Å². The Morgan fingerprint density at radius 1 is 1.20 bits per heavy atom. The Bertz CT molecular complexity index is 1210. The minimum absolute atomic E-state index is 0.179. The van der Waals surface area contributed by atoms with Crippen LogP contribution in [-0.2, 0) is 28.8 Å². The SMILES string of the molecule is CO[C@H](C)[C@H]1C(=O)Nc2c(C)nc(NCc3cnn(Cc4ccc(C(F)(F)F)cc4)c3)nc2N1C. The summed E-state index contributed by atoms with van der Waals surface area (Å²) in [5, 5.41) is 10.3. The van der Waals surface area contributed by atoms with Crippen molar-refractivity contribution in [3.8, 4) is 0 Å². The number of aryl methyl sites for hydroxylation is 1. The number of nitrogens with one attached hydrogen (secondary N) is 2. The molecule has 2 N–H and O–H groups in total. The summed E-state index contributed by atoms with van der Waals surface area (Å²) in [6.45, 7) is 4.35. The van der Waals surface area contributed by atoms with Crippen molar-refractivity contribution in [3.63, 3.8) is 0 Å². The van der Waals surface area contributed by atoms with Crippen LogP contribution in [0.15, 0.2) is 36.7 Å². The fourth-order valence-electron chi connectivity index (χ4n) is 3.95. The van der Waals surface area contributed by atoms with Gasteiger partial charge in [0.15, 0.2) is 5.82 Å². The van der Waals surface area contributed by atoms with Crippen LogP contribution in [0, 0.1) is 6.92 Å². The highest BCUT2D eigenvalue weighted by Crippen LogP contribution is 2.33. The first kappa shape index (κ1) is 24.5. The predicted molar refractivity (Wildman–Crippen MR) is 124 cm³/mol. The third-order valence-corrected chi connectivity index (χ3v) is 5.92. The number of likely N-dealkylation sites (N-methyl/N-ethyl adjacent to an activating group) is 1. The van der Waals surface area contributed by atoms with E-state index in [4.69, 9.17) is 4.74 Å². The van der Waals surface area contributed by atoms with E-state index in [-0.39, 0.29) is 12.0 Å². The average Bonchev–Trinajstić information content (AvgIpc) is 3.25. The van der Waals surface area contributed by atoms with Gasteiger partial charge in [0.25, 0.3) is 0 Å². The molecule has 0 saturated heterocycles. The number of halogens is 3. The number of methoxy groups -OCH3 is 1. The Labute approximate surface area is 200 Å². The molecule has 0 aliphatic carbocycles. The predicted octanol–water partition coefficient (Wildman–Crippen LogP) is 3.45. The molecule has 1 amide bonds. The summed E-state index contributed by atoms with van der Waals surface area (Å²) in [7, 11) is 3.34. The topological polar surface area (TPSA) is 97.2 Å². The van der Waals surface area contributed by atoms with Crippen molar-refractivity contribution in [2.24, 2.45) is 0 Å². The van der Waals surface area contributed by atoms with Crippen LogP contribution in [0.1, 0.15) is 29.3 Å². The summed E-state index contributed by atoms with van der Waals surface area (Å²) in [6.07, 6.45) is -1.22. The third-order valence-electron chi connectivity index (χ3n) is 5.92. The van der Waals surface area contributed by atoms with Gasteiger partial charge < -0.3 is 20.3 Å². The number of anilines is 3. The number of alkyl halides is 3. The largest absolute Gasteiger partial charge is 0.416 e. The highest BCUT2D eigenvalue weighted by Gasteiger charge is 2.37. The van der Waals surface area contributed by atoms with Crippen molar-refractivity contribution < 1.29 is 22.7 Å². The second-order valence-corrected chi connectivity index (χ2v) is 8.41. The number of hydrogen-bond acceptors (Lipinski definition) is 7. The van der Waals surface area contributed by atoms with Crippen LogP contribution in [0.5, 0.6) is 0 Å². The number of nitrogens with zero attached hydrogens (tertiary/aromatic N) is 5. The smallest absolute Gasteiger partial charge is 0.379 e. The van der Waals surface area contributed by atoms with Gasteiger partial charge in [-0.05, 0) is 31.5 Å². The number of amides is 1. The Hall–Kier alpha value is -3.67. The lowest BCUT2D eigenvalue weighted by molar-refractivity contribution is -0.137. The van der Waals surface area contributed by atoms with Gasteiger partial charge in [0, 0.05) is 32.5 Å². The number of aromatic nitrogens is 4. The molecule has 0 unspecified atom stereocenters. The highest BCUT2D eigenvalue weighted by atomic mass is 19.4. The van der Waals surface area contributed by atoms with Crippen LogP contribution < -0.4 is 15.5 Å². The summed E-state index contributed by atoms with van der Waals surface area (Å²) in [6, 6.07) is 4.49. The first-order valence-corrected chi connectivity index (χ1v) is 10.9. The molecule has 35 heavy (non-hydrogen) atoms. The minimum atomic E-state index is -4.36. The number of carbonyl (C=O) groups is 1. The van der Waals surface area contributed by atoms with E-state index in [1.165, 1.54) is 12.1 Å². The monoisotopic (exact) mass is 489 g/mol. The average molecular weight is 490 g/mol. The fourth-order valence-corrected chi connectivity index (χ4v) is 3.95. The van der Waals surface area contributed by atoms with Gasteiger partial charge >= 0.3 is 6.18 Å². The molecule has 1 aromatic carbocycles. The van der Waals surface area contributed by atoms with Crippen LogP contribution in [0.2, 0.25) is 0 Å². The molecule has 4 rings (SSSR count). The first-order chi connectivity index (χ1) is 16.6. The number of hydrogen-bond donors (Lipinski definition) is 2. The van der Waals surface area contributed by atoms with Crippen LogP contribution in [0.3, 0.4) is 0 Å². The molecule has 2 aromatic heterocycles. The van der Waals surface area contributed by atoms with Crippen LogP contribution in [-0.4, -0.2) is 52.0 Å². The molecule has 12 heteroatoms. The molecular formula is C23H26F3N7O2. The third kappa shape index (κ3) is 5.21. The molecule has 0 fully saturated rings. The van der Waals surface area contributed by atoms with Crippen LogP contribution in [0.4, 0.5) is 30.6 Å². The summed E-state index contributed by atoms with van der Waals surface area (Å²) < 4.78 is 45.2. The molecule has 9 nitrogen and oxygen atoms in total. The Kier molecular flexibility index (Phi) is 6.66. The van der Waals surface area contributed by atoms with Gasteiger partial charge in [-0.15, -0.1) is 0 Å². The van der Waals surface area contributed by atoms with Gasteiger partial charge in [0.05, 0.1) is 30.1 Å². The number of rotatable bonds is 7. The summed E-state index contributed by atoms with van der Waals surface area (Å²) in [4.78, 5) is 23.4. The van der Waals surface area contributed by atoms with Crippen molar-refractivity contribution in [1.82, 2.24) is 19.7 Å². The highest BCUT2D eigenvalue weighted by molar-refractivity contribution is 6.03. The molecule has 0 radical (unpaired) electrons. The van der Waals surface area contributed by atoms with E-state index in [0.29, 0.717) is 41.8 Å². The fraction of sp³-hybridized carbons (Fsp3) is 0.391. The molecule has 3 heterocycles. The van der Waals surface area contributed by atoms with E-state index in [0.717, 1.165) is 17.7 Å². The van der Waals surface area contributed by atoms with Gasteiger partial charge in [-0.2, -0.15) is 23.3 Å². The molecule has 0 saturated carbocycles. The molecule has 1 aliphatic rings. The van der Waals surface area contributed by atoms with Crippen molar-refractivity contribution in [2.75, 3.05) is 29.7 Å². The summed E-state index contributed by atoms with van der Waals surface area (Å²) >= 11 is 0. The van der Waals surface area contributed by atoms with E-state index < -0.39 is 17.8 Å². The van der Waals surface area contributed by atoms with Crippen molar-refractivity contribution in [1.29, 1.82) is 0 Å². The molecule has 0 spiro atoms. The maximum atomic E-state index is 12.7. The van der Waals surface area contributed by atoms with E-state index >= 15 is 0 Å². The van der Waals surface area contributed by atoms with Crippen LogP contribution in [0.25, 0.3) is 0 Å².